The summed E-state index contributed by atoms with van der Waals surface area (Å²) < 4.78 is 5.34. The van der Waals surface area contributed by atoms with Gasteiger partial charge >= 0.3 is 5.97 Å². The number of nitrogens with zero attached hydrogens (tertiary/aromatic N) is 1. The molecule has 1 heterocycles. The number of hydrogen-bond donors (Lipinski definition) is 0. The summed E-state index contributed by atoms with van der Waals surface area (Å²) in [4.78, 5) is 26.1. The number of carbonyl (C=O) groups is 2. The minimum absolute atomic E-state index is 0.0773. The van der Waals surface area contributed by atoms with Gasteiger partial charge in [-0.1, -0.05) is 42.5 Å². The third-order valence-electron chi connectivity index (χ3n) is 4.06. The molecule has 0 spiro atoms. The smallest absolute Gasteiger partial charge is 0.310 e. The van der Waals surface area contributed by atoms with Gasteiger partial charge in [-0.15, -0.1) is 0 Å². The molecule has 25 heavy (non-hydrogen) atoms. The molecular weight excluding hydrogens is 314 g/mol. The summed E-state index contributed by atoms with van der Waals surface area (Å²) in [5.74, 6) is -0.154. The van der Waals surface area contributed by atoms with Crippen molar-refractivity contribution in [1.82, 2.24) is 4.90 Å². The molecule has 0 atom stereocenters. The first-order valence-electron chi connectivity index (χ1n) is 8.49. The van der Waals surface area contributed by atoms with Crippen molar-refractivity contribution in [3.63, 3.8) is 0 Å². The highest BCUT2D eigenvalue weighted by atomic mass is 16.6. The van der Waals surface area contributed by atoms with Crippen LogP contribution in [0.1, 0.15) is 47.8 Å². The molecule has 0 saturated heterocycles. The lowest BCUT2D eigenvalue weighted by molar-refractivity contribution is -0.153. The second kappa shape index (κ2) is 6.71. The SMILES string of the molecule is CC(C)(C)OC(=O)Cc1ccc(CN2Cc3ccccc3C2=O)cc1. The van der Waals surface area contributed by atoms with E-state index in [9.17, 15) is 9.59 Å². The van der Waals surface area contributed by atoms with Crippen LogP contribution in [0.15, 0.2) is 48.5 Å². The Kier molecular flexibility index (Phi) is 4.62. The van der Waals surface area contributed by atoms with Gasteiger partial charge in [0, 0.05) is 18.7 Å². The molecule has 3 rings (SSSR count). The van der Waals surface area contributed by atoms with E-state index in [-0.39, 0.29) is 18.3 Å². The van der Waals surface area contributed by atoms with Crippen LogP contribution in [0, 0.1) is 0 Å². The summed E-state index contributed by atoms with van der Waals surface area (Å²) in [5, 5.41) is 0. The molecule has 0 aliphatic carbocycles. The van der Waals surface area contributed by atoms with Crippen LogP contribution in [0.3, 0.4) is 0 Å². The summed E-state index contributed by atoms with van der Waals surface area (Å²) in [7, 11) is 0. The van der Waals surface area contributed by atoms with E-state index in [1.54, 1.807) is 0 Å². The van der Waals surface area contributed by atoms with E-state index >= 15 is 0 Å². The van der Waals surface area contributed by atoms with Gasteiger partial charge in [0.1, 0.15) is 5.60 Å². The van der Waals surface area contributed by atoms with Crippen LogP contribution in [0.4, 0.5) is 0 Å². The first kappa shape index (κ1) is 17.2. The third kappa shape index (κ3) is 4.27. The molecule has 0 fully saturated rings. The van der Waals surface area contributed by atoms with E-state index in [2.05, 4.69) is 0 Å². The second-order valence-corrected chi connectivity index (χ2v) is 7.40. The summed E-state index contributed by atoms with van der Waals surface area (Å²) in [6, 6.07) is 15.5. The molecule has 0 radical (unpaired) electrons. The molecule has 1 aliphatic rings. The number of esters is 1. The zero-order valence-corrected chi connectivity index (χ0v) is 14.9. The van der Waals surface area contributed by atoms with Crippen LogP contribution in [0.2, 0.25) is 0 Å². The zero-order valence-electron chi connectivity index (χ0n) is 14.9. The van der Waals surface area contributed by atoms with Gasteiger partial charge in [-0.2, -0.15) is 0 Å². The first-order valence-corrected chi connectivity index (χ1v) is 8.49. The highest BCUT2D eigenvalue weighted by Crippen LogP contribution is 2.24. The van der Waals surface area contributed by atoms with Gasteiger partial charge in [0.25, 0.3) is 5.91 Å². The maximum absolute atomic E-state index is 12.4. The Morgan fingerprint density at radius 3 is 2.32 bits per heavy atom. The van der Waals surface area contributed by atoms with Crippen LogP contribution in [-0.4, -0.2) is 22.4 Å². The molecule has 4 nitrogen and oxygen atoms in total. The number of amides is 1. The van der Waals surface area contributed by atoms with Gasteiger partial charge in [-0.3, -0.25) is 9.59 Å². The number of fused-ring (bicyclic) bond motifs is 1. The van der Waals surface area contributed by atoms with E-state index in [4.69, 9.17) is 4.74 Å². The van der Waals surface area contributed by atoms with Crippen LogP contribution in [0.5, 0.6) is 0 Å². The van der Waals surface area contributed by atoms with E-state index in [0.29, 0.717) is 13.1 Å². The van der Waals surface area contributed by atoms with E-state index in [1.807, 2.05) is 74.2 Å². The minimum Gasteiger partial charge on any atom is -0.460 e. The molecule has 0 unspecified atom stereocenters. The zero-order chi connectivity index (χ0) is 18.0. The Bertz CT molecular complexity index is 788. The van der Waals surface area contributed by atoms with Gasteiger partial charge in [0.05, 0.1) is 6.42 Å². The maximum Gasteiger partial charge on any atom is 0.310 e. The number of ether oxygens (including phenoxy) is 1. The molecule has 2 aromatic carbocycles. The van der Waals surface area contributed by atoms with Crippen LogP contribution >= 0.6 is 0 Å². The molecular formula is C21H23NO3. The Morgan fingerprint density at radius 2 is 1.68 bits per heavy atom. The maximum atomic E-state index is 12.4. The van der Waals surface area contributed by atoms with Crippen molar-refractivity contribution in [1.29, 1.82) is 0 Å². The van der Waals surface area contributed by atoms with Gasteiger partial charge in [-0.25, -0.2) is 0 Å². The van der Waals surface area contributed by atoms with Crippen LogP contribution < -0.4 is 0 Å². The minimum atomic E-state index is -0.470. The summed E-state index contributed by atoms with van der Waals surface area (Å²) in [5.41, 5.74) is 3.36. The summed E-state index contributed by atoms with van der Waals surface area (Å²) in [6.45, 7) is 6.80. The Balaban J connectivity index is 1.61. The highest BCUT2D eigenvalue weighted by Gasteiger charge is 2.26. The third-order valence-corrected chi connectivity index (χ3v) is 4.06. The molecule has 1 amide bonds. The molecule has 130 valence electrons. The van der Waals surface area contributed by atoms with Gasteiger partial charge in [0.2, 0.25) is 0 Å². The second-order valence-electron chi connectivity index (χ2n) is 7.40. The van der Waals surface area contributed by atoms with Gasteiger partial charge in [-0.05, 0) is 43.5 Å². The monoisotopic (exact) mass is 337 g/mol. The standard InChI is InChI=1S/C21H23NO3/c1-21(2,3)25-19(23)12-15-8-10-16(11-9-15)13-22-14-17-6-4-5-7-18(17)20(22)24/h4-11H,12-14H2,1-3H3. The Labute approximate surface area is 148 Å². The Morgan fingerprint density at radius 1 is 1.04 bits per heavy atom. The summed E-state index contributed by atoms with van der Waals surface area (Å²) in [6.07, 6.45) is 0.256. The van der Waals surface area contributed by atoms with Gasteiger partial charge in [0.15, 0.2) is 0 Å². The number of carbonyl (C=O) groups excluding carboxylic acids is 2. The molecule has 0 saturated carbocycles. The van der Waals surface area contributed by atoms with Crippen molar-refractivity contribution in [2.45, 2.75) is 45.9 Å². The topological polar surface area (TPSA) is 46.6 Å². The molecule has 2 aromatic rings. The normalized spacial score (nSPS) is 13.7. The average molecular weight is 337 g/mol. The molecule has 4 heteroatoms. The average Bonchev–Trinajstić information content (AvgIpc) is 2.84. The van der Waals surface area contributed by atoms with Gasteiger partial charge < -0.3 is 9.64 Å². The van der Waals surface area contributed by atoms with Crippen molar-refractivity contribution >= 4 is 11.9 Å². The first-order chi connectivity index (χ1) is 11.8. The Hall–Kier alpha value is -2.62. The van der Waals surface area contributed by atoms with Crippen molar-refractivity contribution in [2.75, 3.05) is 0 Å². The number of rotatable bonds is 4. The molecule has 0 N–H and O–H groups in total. The van der Waals surface area contributed by atoms with E-state index in [1.165, 1.54) is 0 Å². The van der Waals surface area contributed by atoms with Crippen LogP contribution in [-0.2, 0) is 29.0 Å². The predicted octanol–water partition coefficient (Wildman–Crippen LogP) is 3.73. The molecule has 0 bridgehead atoms. The van der Waals surface area contributed by atoms with Crippen molar-refractivity contribution < 1.29 is 14.3 Å². The fraction of sp³-hybridized carbons (Fsp3) is 0.333. The lowest BCUT2D eigenvalue weighted by Gasteiger charge is -2.19. The molecule has 0 aromatic heterocycles. The molecule has 1 aliphatic heterocycles. The van der Waals surface area contributed by atoms with Crippen molar-refractivity contribution in [3.8, 4) is 0 Å². The number of hydrogen-bond acceptors (Lipinski definition) is 3. The lowest BCUT2D eigenvalue weighted by atomic mass is 10.1. The van der Waals surface area contributed by atoms with E-state index < -0.39 is 5.60 Å². The van der Waals surface area contributed by atoms with E-state index in [0.717, 1.165) is 22.3 Å². The highest BCUT2D eigenvalue weighted by molar-refractivity contribution is 5.98. The van der Waals surface area contributed by atoms with Crippen LogP contribution in [0.25, 0.3) is 0 Å². The fourth-order valence-electron chi connectivity index (χ4n) is 2.97. The predicted molar refractivity (Wildman–Crippen MR) is 96.0 cm³/mol. The van der Waals surface area contributed by atoms with Crippen molar-refractivity contribution in [3.05, 3.63) is 70.8 Å². The number of benzene rings is 2. The lowest BCUT2D eigenvalue weighted by Crippen LogP contribution is -2.25. The quantitative estimate of drug-likeness (QED) is 0.799. The largest absolute Gasteiger partial charge is 0.460 e. The fourth-order valence-corrected chi connectivity index (χ4v) is 2.97. The van der Waals surface area contributed by atoms with Crippen molar-refractivity contribution in [2.24, 2.45) is 0 Å². The summed E-state index contributed by atoms with van der Waals surface area (Å²) >= 11 is 0.